The molecule has 0 saturated carbocycles. The van der Waals surface area contributed by atoms with Crippen LogP contribution in [0.2, 0.25) is 0 Å². The number of nitrogens with zero attached hydrogens (tertiary/aromatic N) is 2. The van der Waals surface area contributed by atoms with Crippen LogP contribution in [0.5, 0.6) is 0 Å². The van der Waals surface area contributed by atoms with Gasteiger partial charge in [-0.15, -0.1) is 0 Å². The van der Waals surface area contributed by atoms with Crippen LogP contribution in [0.4, 0.5) is 5.82 Å². The number of aromatic carboxylic acids is 1. The second-order valence-corrected chi connectivity index (χ2v) is 5.60. The molecule has 2 heterocycles. The van der Waals surface area contributed by atoms with Crippen molar-refractivity contribution in [2.45, 2.75) is 33.1 Å². The van der Waals surface area contributed by atoms with Gasteiger partial charge in [-0.1, -0.05) is 13.8 Å². The monoisotopic (exact) mass is 262 g/mol. The molecule has 0 aromatic carbocycles. The van der Waals surface area contributed by atoms with Crippen LogP contribution in [0, 0.1) is 11.8 Å². The summed E-state index contributed by atoms with van der Waals surface area (Å²) in [5.41, 5.74) is 0.311. The van der Waals surface area contributed by atoms with Crippen molar-refractivity contribution < 1.29 is 9.90 Å². The average molecular weight is 262 g/mol. The third-order valence-corrected chi connectivity index (χ3v) is 4.03. The Morgan fingerprint density at radius 1 is 1.42 bits per heavy atom. The summed E-state index contributed by atoms with van der Waals surface area (Å²) in [5.74, 6) is 1.16. The lowest BCUT2D eigenvalue weighted by atomic mass is 9.89. The number of aromatic nitrogens is 1. The van der Waals surface area contributed by atoms with E-state index in [0.717, 1.165) is 31.8 Å². The Bertz CT molecular complexity index is 446. The highest BCUT2D eigenvalue weighted by atomic mass is 16.4. The maximum absolute atomic E-state index is 11.3. The fraction of sp³-hybridized carbons (Fsp3) is 0.600. The third kappa shape index (κ3) is 3.25. The first-order chi connectivity index (χ1) is 9.09. The highest BCUT2D eigenvalue weighted by Crippen LogP contribution is 2.27. The number of carboxylic acid groups (broad SMARTS) is 1. The molecule has 0 radical (unpaired) electrons. The van der Waals surface area contributed by atoms with Gasteiger partial charge in [0.1, 0.15) is 11.4 Å². The summed E-state index contributed by atoms with van der Waals surface area (Å²) < 4.78 is 0. The zero-order valence-corrected chi connectivity index (χ0v) is 11.7. The van der Waals surface area contributed by atoms with Gasteiger partial charge in [-0.05, 0) is 43.2 Å². The highest BCUT2D eigenvalue weighted by molar-refractivity contribution is 5.93. The van der Waals surface area contributed by atoms with Crippen LogP contribution in [0.25, 0.3) is 0 Å². The predicted octanol–water partition coefficient (Wildman–Crippen LogP) is 3.04. The average Bonchev–Trinajstić information content (AvgIpc) is 2.64. The van der Waals surface area contributed by atoms with Crippen LogP contribution < -0.4 is 4.90 Å². The normalized spacial score (nSPS) is 20.4. The first kappa shape index (κ1) is 13.8. The minimum absolute atomic E-state index is 0.311. The summed E-state index contributed by atoms with van der Waals surface area (Å²) >= 11 is 0. The molecule has 1 saturated heterocycles. The molecule has 4 nitrogen and oxygen atoms in total. The summed E-state index contributed by atoms with van der Waals surface area (Å²) in [6, 6.07) is 3.32. The molecule has 2 rings (SSSR count). The molecule has 1 atom stereocenters. The van der Waals surface area contributed by atoms with E-state index < -0.39 is 5.97 Å². The van der Waals surface area contributed by atoms with Crippen molar-refractivity contribution in [3.63, 3.8) is 0 Å². The summed E-state index contributed by atoms with van der Waals surface area (Å²) in [5, 5.41) is 9.24. The third-order valence-electron chi connectivity index (χ3n) is 4.03. The Morgan fingerprint density at radius 3 is 2.89 bits per heavy atom. The van der Waals surface area contributed by atoms with Gasteiger partial charge in [-0.25, -0.2) is 9.78 Å². The van der Waals surface area contributed by atoms with E-state index in [2.05, 4.69) is 23.7 Å². The maximum Gasteiger partial charge on any atom is 0.339 e. The molecule has 104 valence electrons. The fourth-order valence-electron chi connectivity index (χ4n) is 2.82. The molecule has 1 unspecified atom stereocenters. The Morgan fingerprint density at radius 2 is 2.21 bits per heavy atom. The van der Waals surface area contributed by atoms with Gasteiger partial charge in [0, 0.05) is 19.3 Å². The van der Waals surface area contributed by atoms with Gasteiger partial charge in [0.2, 0.25) is 0 Å². The Balaban J connectivity index is 2.16. The number of rotatable bonds is 3. The summed E-state index contributed by atoms with van der Waals surface area (Å²) in [6.45, 7) is 6.34. The van der Waals surface area contributed by atoms with Crippen LogP contribution >= 0.6 is 0 Å². The molecule has 0 amide bonds. The van der Waals surface area contributed by atoms with E-state index in [1.165, 1.54) is 6.42 Å². The molecule has 19 heavy (non-hydrogen) atoms. The van der Waals surface area contributed by atoms with Crippen LogP contribution in [-0.2, 0) is 0 Å². The second kappa shape index (κ2) is 6.04. The SMILES string of the molecule is CC(C)C1CCCN(c2ncccc2C(=O)O)CC1. The smallest absolute Gasteiger partial charge is 0.339 e. The topological polar surface area (TPSA) is 53.4 Å². The zero-order chi connectivity index (χ0) is 13.8. The Kier molecular flexibility index (Phi) is 4.40. The molecule has 1 aliphatic rings. The molecule has 1 aliphatic heterocycles. The quantitative estimate of drug-likeness (QED) is 0.909. The van der Waals surface area contributed by atoms with Gasteiger partial charge in [0.15, 0.2) is 0 Å². The van der Waals surface area contributed by atoms with Gasteiger partial charge in [0.05, 0.1) is 0 Å². The minimum Gasteiger partial charge on any atom is -0.478 e. The van der Waals surface area contributed by atoms with Crippen molar-refractivity contribution in [3.8, 4) is 0 Å². The van der Waals surface area contributed by atoms with Crippen molar-refractivity contribution in [1.29, 1.82) is 0 Å². The maximum atomic E-state index is 11.3. The molecule has 1 aromatic rings. The second-order valence-electron chi connectivity index (χ2n) is 5.60. The number of carbonyl (C=O) groups is 1. The fourth-order valence-corrected chi connectivity index (χ4v) is 2.82. The molecular formula is C15H22N2O2. The molecule has 1 aromatic heterocycles. The molecule has 0 spiro atoms. The number of carboxylic acids is 1. The van der Waals surface area contributed by atoms with Crippen LogP contribution in [0.3, 0.4) is 0 Å². The first-order valence-electron chi connectivity index (χ1n) is 7.03. The van der Waals surface area contributed by atoms with Crippen molar-refractivity contribution >= 4 is 11.8 Å². The van der Waals surface area contributed by atoms with Crippen molar-refractivity contribution in [1.82, 2.24) is 4.98 Å². The Labute approximate surface area is 114 Å². The summed E-state index contributed by atoms with van der Waals surface area (Å²) in [4.78, 5) is 17.7. The Hall–Kier alpha value is -1.58. The van der Waals surface area contributed by atoms with E-state index in [0.29, 0.717) is 17.3 Å². The van der Waals surface area contributed by atoms with Gasteiger partial charge in [-0.2, -0.15) is 0 Å². The highest BCUT2D eigenvalue weighted by Gasteiger charge is 2.23. The lowest BCUT2D eigenvalue weighted by Gasteiger charge is -2.23. The molecule has 0 bridgehead atoms. The predicted molar refractivity (Wildman–Crippen MR) is 75.6 cm³/mol. The van der Waals surface area contributed by atoms with E-state index in [1.54, 1.807) is 18.3 Å². The van der Waals surface area contributed by atoms with E-state index >= 15 is 0 Å². The largest absolute Gasteiger partial charge is 0.478 e. The van der Waals surface area contributed by atoms with Crippen molar-refractivity contribution in [2.24, 2.45) is 11.8 Å². The molecule has 1 N–H and O–H groups in total. The molecule has 4 heteroatoms. The standard InChI is InChI=1S/C15H22N2O2/c1-11(2)12-5-4-9-17(10-7-12)14-13(15(18)19)6-3-8-16-14/h3,6,8,11-12H,4-5,7,9-10H2,1-2H3,(H,18,19). The van der Waals surface area contributed by atoms with Gasteiger partial charge < -0.3 is 10.0 Å². The van der Waals surface area contributed by atoms with Crippen LogP contribution in [0.15, 0.2) is 18.3 Å². The van der Waals surface area contributed by atoms with E-state index in [-0.39, 0.29) is 0 Å². The molecular weight excluding hydrogens is 240 g/mol. The van der Waals surface area contributed by atoms with Crippen LogP contribution in [-0.4, -0.2) is 29.1 Å². The van der Waals surface area contributed by atoms with Crippen molar-refractivity contribution in [3.05, 3.63) is 23.9 Å². The lowest BCUT2D eigenvalue weighted by molar-refractivity contribution is 0.0697. The number of hydrogen-bond acceptors (Lipinski definition) is 3. The van der Waals surface area contributed by atoms with Gasteiger partial charge >= 0.3 is 5.97 Å². The molecule has 1 fully saturated rings. The minimum atomic E-state index is -0.896. The summed E-state index contributed by atoms with van der Waals surface area (Å²) in [6.07, 6.45) is 5.13. The number of anilines is 1. The van der Waals surface area contributed by atoms with E-state index in [4.69, 9.17) is 0 Å². The van der Waals surface area contributed by atoms with Gasteiger partial charge in [0.25, 0.3) is 0 Å². The van der Waals surface area contributed by atoms with Crippen LogP contribution in [0.1, 0.15) is 43.5 Å². The van der Waals surface area contributed by atoms with E-state index in [1.807, 2.05) is 0 Å². The molecule has 0 aliphatic carbocycles. The summed E-state index contributed by atoms with van der Waals surface area (Å²) in [7, 11) is 0. The number of hydrogen-bond donors (Lipinski definition) is 1. The first-order valence-corrected chi connectivity index (χ1v) is 7.03. The van der Waals surface area contributed by atoms with Gasteiger partial charge in [-0.3, -0.25) is 0 Å². The van der Waals surface area contributed by atoms with E-state index in [9.17, 15) is 9.90 Å². The number of pyridine rings is 1. The zero-order valence-electron chi connectivity index (χ0n) is 11.7. The lowest BCUT2D eigenvalue weighted by Crippen LogP contribution is -2.27. The van der Waals surface area contributed by atoms with Crippen molar-refractivity contribution in [2.75, 3.05) is 18.0 Å².